The van der Waals surface area contributed by atoms with Crippen molar-refractivity contribution >= 4 is 5.78 Å². The molecule has 2 aliphatic rings. The van der Waals surface area contributed by atoms with Crippen LogP contribution in [0.3, 0.4) is 0 Å². The van der Waals surface area contributed by atoms with Crippen LogP contribution in [0.2, 0.25) is 0 Å². The molecule has 0 bridgehead atoms. The number of carbonyl (C=O) groups is 1. The van der Waals surface area contributed by atoms with E-state index in [1.165, 1.54) is 24.8 Å². The predicted molar refractivity (Wildman–Crippen MR) is 83.1 cm³/mol. The maximum atomic E-state index is 12.7. The van der Waals surface area contributed by atoms with Crippen molar-refractivity contribution in [3.63, 3.8) is 0 Å². The minimum absolute atomic E-state index is 0.0964. The molecule has 1 nitrogen and oxygen atoms in total. The average Bonchev–Trinajstić information content (AvgIpc) is 2.67. The van der Waals surface area contributed by atoms with Gasteiger partial charge in [0, 0.05) is 11.0 Å². The summed E-state index contributed by atoms with van der Waals surface area (Å²) in [5.74, 6) is 0.350. The van der Waals surface area contributed by atoms with Crippen molar-refractivity contribution in [2.75, 3.05) is 0 Å². The second-order valence-corrected chi connectivity index (χ2v) is 5.76. The van der Waals surface area contributed by atoms with E-state index in [-0.39, 0.29) is 5.41 Å². The lowest BCUT2D eigenvalue weighted by Gasteiger charge is -2.32. The van der Waals surface area contributed by atoms with E-state index >= 15 is 0 Å². The standard InChI is InChI=1S/C16H22O.C2H6/c1-11(2)13-10-16(8-6-5-7-9-16)15(17)14(13)12(3)4;1-2/h1,3,5-10H2,2,4H3;1-2H3. The van der Waals surface area contributed by atoms with Crippen LogP contribution < -0.4 is 0 Å². The molecule has 0 aromatic heterocycles. The van der Waals surface area contributed by atoms with Crippen LogP contribution in [0.5, 0.6) is 0 Å². The molecule has 0 saturated heterocycles. The zero-order chi connectivity index (χ0) is 14.6. The van der Waals surface area contributed by atoms with Crippen molar-refractivity contribution in [2.24, 2.45) is 5.41 Å². The first-order valence-electron chi connectivity index (χ1n) is 7.58. The largest absolute Gasteiger partial charge is 0.294 e. The van der Waals surface area contributed by atoms with Gasteiger partial charge in [-0.05, 0) is 44.3 Å². The summed E-state index contributed by atoms with van der Waals surface area (Å²) in [5, 5.41) is 0. The van der Waals surface area contributed by atoms with E-state index in [1.54, 1.807) is 0 Å². The van der Waals surface area contributed by atoms with Crippen LogP contribution in [0.15, 0.2) is 35.5 Å². The Kier molecular flexibility index (Phi) is 5.34. The Morgan fingerprint density at radius 1 is 1.00 bits per heavy atom. The molecule has 0 aromatic carbocycles. The normalized spacial score (nSPS) is 21.2. The number of hydrogen-bond donors (Lipinski definition) is 0. The second kappa shape index (κ2) is 6.36. The van der Waals surface area contributed by atoms with E-state index in [4.69, 9.17) is 0 Å². The summed E-state index contributed by atoms with van der Waals surface area (Å²) in [5.41, 5.74) is 3.92. The molecule has 0 atom stereocenters. The zero-order valence-corrected chi connectivity index (χ0v) is 13.1. The predicted octanol–water partition coefficient (Wildman–Crippen LogP) is 5.38. The summed E-state index contributed by atoms with van der Waals surface area (Å²) < 4.78 is 0. The van der Waals surface area contributed by atoms with Crippen LogP contribution in [-0.2, 0) is 4.79 Å². The van der Waals surface area contributed by atoms with Crippen LogP contribution in [0, 0.1) is 5.41 Å². The van der Waals surface area contributed by atoms with Gasteiger partial charge in [0.05, 0.1) is 0 Å². The van der Waals surface area contributed by atoms with E-state index in [1.807, 2.05) is 27.7 Å². The van der Waals surface area contributed by atoms with Crippen molar-refractivity contribution in [3.05, 3.63) is 35.5 Å². The molecule has 0 aliphatic heterocycles. The number of ketones is 1. The smallest absolute Gasteiger partial charge is 0.169 e. The average molecular weight is 260 g/mol. The van der Waals surface area contributed by atoms with Gasteiger partial charge < -0.3 is 0 Å². The van der Waals surface area contributed by atoms with Crippen LogP contribution in [0.4, 0.5) is 0 Å². The molecule has 19 heavy (non-hydrogen) atoms. The Morgan fingerprint density at radius 3 is 1.89 bits per heavy atom. The maximum absolute atomic E-state index is 12.7. The Morgan fingerprint density at radius 2 is 1.53 bits per heavy atom. The summed E-state index contributed by atoms with van der Waals surface area (Å²) in [6, 6.07) is 0. The van der Waals surface area contributed by atoms with Crippen molar-refractivity contribution in [3.8, 4) is 0 Å². The topological polar surface area (TPSA) is 17.1 Å². The minimum Gasteiger partial charge on any atom is -0.294 e. The van der Waals surface area contributed by atoms with Crippen LogP contribution >= 0.6 is 0 Å². The van der Waals surface area contributed by atoms with Gasteiger partial charge in [-0.3, -0.25) is 4.79 Å². The quantitative estimate of drug-likeness (QED) is 0.651. The van der Waals surface area contributed by atoms with Gasteiger partial charge in [-0.15, -0.1) is 0 Å². The van der Waals surface area contributed by atoms with Crippen molar-refractivity contribution in [2.45, 2.75) is 66.2 Å². The van der Waals surface area contributed by atoms with E-state index in [0.717, 1.165) is 36.0 Å². The van der Waals surface area contributed by atoms with Gasteiger partial charge in [-0.25, -0.2) is 0 Å². The number of carbonyl (C=O) groups excluding carboxylic acids is 1. The monoisotopic (exact) mass is 260 g/mol. The summed E-state index contributed by atoms with van der Waals surface area (Å²) in [6.45, 7) is 16.0. The third kappa shape index (κ3) is 2.91. The highest BCUT2D eigenvalue weighted by Crippen LogP contribution is 2.51. The first-order chi connectivity index (χ1) is 8.98. The zero-order valence-electron chi connectivity index (χ0n) is 13.1. The summed E-state index contributed by atoms with van der Waals surface area (Å²) in [7, 11) is 0. The number of hydrogen-bond acceptors (Lipinski definition) is 1. The Hall–Kier alpha value is -1.11. The molecule has 0 amide bonds. The first kappa shape index (κ1) is 15.9. The molecular weight excluding hydrogens is 232 g/mol. The van der Waals surface area contributed by atoms with Gasteiger partial charge in [0.25, 0.3) is 0 Å². The molecule has 1 fully saturated rings. The molecule has 1 saturated carbocycles. The third-order valence-corrected chi connectivity index (χ3v) is 4.28. The molecule has 2 aliphatic carbocycles. The molecule has 0 aromatic rings. The molecule has 0 radical (unpaired) electrons. The van der Waals surface area contributed by atoms with Crippen LogP contribution in [0.25, 0.3) is 0 Å². The maximum Gasteiger partial charge on any atom is 0.169 e. The summed E-state index contributed by atoms with van der Waals surface area (Å²) >= 11 is 0. The van der Waals surface area contributed by atoms with Crippen LogP contribution in [0.1, 0.15) is 66.2 Å². The van der Waals surface area contributed by atoms with Gasteiger partial charge in [0.1, 0.15) is 0 Å². The summed E-state index contributed by atoms with van der Waals surface area (Å²) in [4.78, 5) is 12.7. The Bertz CT molecular complexity index is 417. The van der Waals surface area contributed by atoms with E-state index in [9.17, 15) is 4.79 Å². The molecule has 1 heteroatoms. The number of allylic oxidation sites excluding steroid dienone is 4. The highest BCUT2D eigenvalue weighted by Gasteiger charge is 2.47. The van der Waals surface area contributed by atoms with E-state index in [2.05, 4.69) is 13.2 Å². The minimum atomic E-state index is -0.0964. The first-order valence-corrected chi connectivity index (χ1v) is 7.58. The van der Waals surface area contributed by atoms with E-state index < -0.39 is 0 Å². The Balaban J connectivity index is 0.000000861. The van der Waals surface area contributed by atoms with Crippen molar-refractivity contribution in [1.82, 2.24) is 0 Å². The molecule has 0 N–H and O–H groups in total. The highest BCUT2D eigenvalue weighted by atomic mass is 16.1. The molecule has 106 valence electrons. The number of Topliss-reactive ketones (excluding diaryl/α,β-unsaturated/α-hetero) is 1. The molecular formula is C18H28O. The van der Waals surface area contributed by atoms with Gasteiger partial charge in [-0.1, -0.05) is 51.8 Å². The molecule has 1 spiro atoms. The van der Waals surface area contributed by atoms with Gasteiger partial charge in [0.15, 0.2) is 5.78 Å². The second-order valence-electron chi connectivity index (χ2n) is 5.76. The third-order valence-electron chi connectivity index (χ3n) is 4.28. The molecule has 0 heterocycles. The fourth-order valence-electron chi connectivity index (χ4n) is 3.36. The van der Waals surface area contributed by atoms with Gasteiger partial charge >= 0.3 is 0 Å². The number of rotatable bonds is 2. The Labute approximate surface area is 118 Å². The lowest BCUT2D eigenvalue weighted by Crippen LogP contribution is -2.30. The van der Waals surface area contributed by atoms with Crippen molar-refractivity contribution in [1.29, 1.82) is 0 Å². The molecule has 2 rings (SSSR count). The summed E-state index contributed by atoms with van der Waals surface area (Å²) in [6.07, 6.45) is 6.68. The van der Waals surface area contributed by atoms with Crippen LogP contribution in [-0.4, -0.2) is 5.78 Å². The lowest BCUT2D eigenvalue weighted by molar-refractivity contribution is -0.125. The van der Waals surface area contributed by atoms with E-state index in [0.29, 0.717) is 5.78 Å². The van der Waals surface area contributed by atoms with Crippen molar-refractivity contribution < 1.29 is 4.79 Å². The van der Waals surface area contributed by atoms with Gasteiger partial charge in [-0.2, -0.15) is 0 Å². The lowest BCUT2D eigenvalue weighted by atomic mass is 9.70. The fraction of sp³-hybridized carbons (Fsp3) is 0.611. The van der Waals surface area contributed by atoms with Gasteiger partial charge in [0.2, 0.25) is 0 Å². The highest BCUT2D eigenvalue weighted by molar-refractivity contribution is 6.07. The molecule has 0 unspecified atom stereocenters. The SMILES string of the molecule is C=C(C)C1=C(C(=C)C)C(=O)C2(CCCCC2)C1.CC. The fourth-order valence-corrected chi connectivity index (χ4v) is 3.36.